The van der Waals surface area contributed by atoms with E-state index in [-0.39, 0.29) is 6.61 Å². The molecule has 14 heavy (non-hydrogen) atoms. The summed E-state index contributed by atoms with van der Waals surface area (Å²) < 4.78 is 0. The molecule has 0 atom stereocenters. The van der Waals surface area contributed by atoms with E-state index < -0.39 is 6.03 Å². The zero-order valence-electron chi connectivity index (χ0n) is 7.51. The van der Waals surface area contributed by atoms with Crippen LogP contribution in [0.25, 0.3) is 0 Å². The number of nitrogens with two attached hydrogens (primary N) is 1. The number of para-hydroxylation sites is 1. The number of carbonyl (C=O) groups excluding carboxylic acids is 1. The molecule has 2 amide bonds. The molecule has 0 unspecified atom stereocenters. The van der Waals surface area contributed by atoms with Crippen molar-refractivity contribution >= 4 is 11.7 Å². The summed E-state index contributed by atoms with van der Waals surface area (Å²) >= 11 is 0. The number of terminal acetylenes is 1. The number of hydroxylamine groups is 1. The van der Waals surface area contributed by atoms with Crippen molar-refractivity contribution in [3.63, 3.8) is 0 Å². The van der Waals surface area contributed by atoms with Gasteiger partial charge in [-0.05, 0) is 12.1 Å². The lowest BCUT2D eigenvalue weighted by Crippen LogP contribution is -2.35. The molecule has 0 fully saturated rings. The van der Waals surface area contributed by atoms with Gasteiger partial charge in [-0.2, -0.15) is 5.06 Å². The van der Waals surface area contributed by atoms with Crippen molar-refractivity contribution in [2.45, 2.75) is 0 Å². The van der Waals surface area contributed by atoms with E-state index in [2.05, 4.69) is 5.92 Å². The molecule has 4 nitrogen and oxygen atoms in total. The normalized spacial score (nSPS) is 9.07. The Morgan fingerprint density at radius 2 is 2.14 bits per heavy atom. The molecule has 0 saturated carbocycles. The first-order valence-corrected chi connectivity index (χ1v) is 3.96. The van der Waals surface area contributed by atoms with E-state index in [0.717, 1.165) is 5.06 Å². The third kappa shape index (κ3) is 2.51. The maximum Gasteiger partial charge on any atom is 0.343 e. The summed E-state index contributed by atoms with van der Waals surface area (Å²) in [6.45, 7) is -0.00215. The van der Waals surface area contributed by atoms with Gasteiger partial charge in [-0.15, -0.1) is 6.42 Å². The van der Waals surface area contributed by atoms with Crippen LogP contribution in [0, 0.1) is 12.3 Å². The van der Waals surface area contributed by atoms with Crippen molar-refractivity contribution in [3.8, 4) is 12.3 Å². The molecule has 2 N–H and O–H groups in total. The lowest BCUT2D eigenvalue weighted by Gasteiger charge is -2.17. The molecule has 0 spiro atoms. The second-order valence-electron chi connectivity index (χ2n) is 2.45. The van der Waals surface area contributed by atoms with Gasteiger partial charge in [-0.25, -0.2) is 4.79 Å². The van der Waals surface area contributed by atoms with E-state index in [9.17, 15) is 4.79 Å². The highest BCUT2D eigenvalue weighted by atomic mass is 16.7. The van der Waals surface area contributed by atoms with Crippen LogP contribution in [0.2, 0.25) is 0 Å². The van der Waals surface area contributed by atoms with Gasteiger partial charge in [0, 0.05) is 0 Å². The van der Waals surface area contributed by atoms with Crippen LogP contribution in [-0.4, -0.2) is 12.6 Å². The fourth-order valence-electron chi connectivity index (χ4n) is 0.931. The average molecular weight is 190 g/mol. The molecule has 1 aromatic carbocycles. The molecule has 0 bridgehead atoms. The van der Waals surface area contributed by atoms with E-state index in [4.69, 9.17) is 17.0 Å². The Morgan fingerprint density at radius 3 is 2.64 bits per heavy atom. The molecule has 0 radical (unpaired) electrons. The Hall–Kier alpha value is -1.99. The first-order valence-electron chi connectivity index (χ1n) is 3.96. The van der Waals surface area contributed by atoms with E-state index >= 15 is 0 Å². The van der Waals surface area contributed by atoms with E-state index in [0.29, 0.717) is 5.69 Å². The highest BCUT2D eigenvalue weighted by molar-refractivity contribution is 5.88. The maximum atomic E-state index is 11.0. The summed E-state index contributed by atoms with van der Waals surface area (Å²) in [4.78, 5) is 15.9. The van der Waals surface area contributed by atoms with E-state index in [1.54, 1.807) is 24.3 Å². The Morgan fingerprint density at radius 1 is 1.50 bits per heavy atom. The van der Waals surface area contributed by atoms with Gasteiger partial charge in [0.1, 0.15) is 6.61 Å². The summed E-state index contributed by atoms with van der Waals surface area (Å²) in [7, 11) is 0. The van der Waals surface area contributed by atoms with Crippen molar-refractivity contribution in [3.05, 3.63) is 30.3 Å². The SMILES string of the molecule is C#CCON(C(N)=O)c1ccccc1. The molecule has 0 aliphatic rings. The third-order valence-corrected chi connectivity index (χ3v) is 1.47. The number of anilines is 1. The fraction of sp³-hybridized carbons (Fsp3) is 0.100. The summed E-state index contributed by atoms with van der Waals surface area (Å²) in [5.41, 5.74) is 5.65. The van der Waals surface area contributed by atoms with Crippen molar-refractivity contribution in [1.29, 1.82) is 0 Å². The van der Waals surface area contributed by atoms with Crippen LogP contribution in [0.1, 0.15) is 0 Å². The minimum atomic E-state index is -0.702. The zero-order valence-corrected chi connectivity index (χ0v) is 7.51. The van der Waals surface area contributed by atoms with Crippen LogP contribution >= 0.6 is 0 Å². The zero-order chi connectivity index (χ0) is 10.4. The molecule has 0 saturated heterocycles. The molecule has 0 aliphatic carbocycles. The highest BCUT2D eigenvalue weighted by Crippen LogP contribution is 2.12. The lowest BCUT2D eigenvalue weighted by atomic mass is 10.3. The van der Waals surface area contributed by atoms with Gasteiger partial charge in [-0.3, -0.25) is 4.84 Å². The Kier molecular flexibility index (Phi) is 3.53. The Labute approximate surface area is 82.2 Å². The van der Waals surface area contributed by atoms with E-state index in [1.807, 2.05) is 6.07 Å². The predicted molar refractivity (Wildman–Crippen MR) is 53.3 cm³/mol. The first-order chi connectivity index (χ1) is 6.75. The monoisotopic (exact) mass is 190 g/mol. The third-order valence-electron chi connectivity index (χ3n) is 1.47. The summed E-state index contributed by atoms with van der Waals surface area (Å²) in [6, 6.07) is 8.05. The second kappa shape index (κ2) is 4.90. The van der Waals surface area contributed by atoms with Gasteiger partial charge in [0.05, 0.1) is 5.69 Å². The molecule has 4 heteroatoms. The quantitative estimate of drug-likeness (QED) is 0.574. The molecule has 0 heterocycles. The summed E-state index contributed by atoms with van der Waals surface area (Å²) in [6.07, 6.45) is 5.00. The lowest BCUT2D eigenvalue weighted by molar-refractivity contribution is 0.146. The van der Waals surface area contributed by atoms with Gasteiger partial charge in [0.2, 0.25) is 0 Å². The standard InChI is InChI=1S/C10H10N2O2/c1-2-8-14-12(10(11)13)9-6-4-3-5-7-9/h1,3-7H,8H2,(H2,11,13). The average Bonchev–Trinajstić information content (AvgIpc) is 2.19. The van der Waals surface area contributed by atoms with Gasteiger partial charge in [-0.1, -0.05) is 24.1 Å². The molecule has 1 aromatic rings. The van der Waals surface area contributed by atoms with Crippen molar-refractivity contribution < 1.29 is 9.63 Å². The number of urea groups is 1. The number of amides is 2. The van der Waals surface area contributed by atoms with Crippen LogP contribution < -0.4 is 10.8 Å². The topological polar surface area (TPSA) is 55.6 Å². The van der Waals surface area contributed by atoms with Gasteiger partial charge < -0.3 is 5.73 Å². The number of benzene rings is 1. The smallest absolute Gasteiger partial charge is 0.343 e. The van der Waals surface area contributed by atoms with Crippen LogP contribution in [0.15, 0.2) is 30.3 Å². The highest BCUT2D eigenvalue weighted by Gasteiger charge is 2.11. The minimum absolute atomic E-state index is 0.00215. The van der Waals surface area contributed by atoms with Gasteiger partial charge >= 0.3 is 6.03 Å². The molecular weight excluding hydrogens is 180 g/mol. The number of primary amides is 1. The fourth-order valence-corrected chi connectivity index (χ4v) is 0.931. The summed E-state index contributed by atoms with van der Waals surface area (Å²) in [5.74, 6) is 2.25. The number of carbonyl (C=O) groups is 1. The summed E-state index contributed by atoms with van der Waals surface area (Å²) in [5, 5.41) is 0.958. The number of nitrogens with zero attached hydrogens (tertiary/aromatic N) is 1. The molecule has 72 valence electrons. The number of hydrogen-bond donors (Lipinski definition) is 1. The second-order valence-corrected chi connectivity index (χ2v) is 2.45. The number of rotatable bonds is 3. The number of hydrogen-bond acceptors (Lipinski definition) is 2. The Bertz CT molecular complexity index is 343. The van der Waals surface area contributed by atoms with Crippen LogP contribution in [-0.2, 0) is 4.84 Å². The largest absolute Gasteiger partial charge is 0.349 e. The molecule has 1 rings (SSSR count). The van der Waals surface area contributed by atoms with Crippen molar-refractivity contribution in [2.24, 2.45) is 5.73 Å². The van der Waals surface area contributed by atoms with Crippen molar-refractivity contribution in [2.75, 3.05) is 11.7 Å². The van der Waals surface area contributed by atoms with Crippen LogP contribution in [0.4, 0.5) is 10.5 Å². The predicted octanol–water partition coefficient (Wildman–Crippen LogP) is 1.14. The van der Waals surface area contributed by atoms with Crippen LogP contribution in [0.3, 0.4) is 0 Å². The molecular formula is C10H10N2O2. The van der Waals surface area contributed by atoms with Crippen LogP contribution in [0.5, 0.6) is 0 Å². The molecule has 0 aromatic heterocycles. The maximum absolute atomic E-state index is 11.0. The first kappa shape index (κ1) is 10.1. The van der Waals surface area contributed by atoms with Gasteiger partial charge in [0.15, 0.2) is 0 Å². The van der Waals surface area contributed by atoms with E-state index in [1.165, 1.54) is 0 Å². The minimum Gasteiger partial charge on any atom is -0.349 e. The Balaban J connectivity index is 2.79. The van der Waals surface area contributed by atoms with Crippen molar-refractivity contribution in [1.82, 2.24) is 0 Å². The molecule has 0 aliphatic heterocycles. The van der Waals surface area contributed by atoms with Gasteiger partial charge in [0.25, 0.3) is 0 Å².